The van der Waals surface area contributed by atoms with E-state index in [2.05, 4.69) is 5.10 Å². The third-order valence-electron chi connectivity index (χ3n) is 4.08. The van der Waals surface area contributed by atoms with Crippen LogP contribution in [0.15, 0.2) is 59.4 Å². The molecule has 3 aromatic rings. The topological polar surface area (TPSA) is 80.9 Å². The Morgan fingerprint density at radius 3 is 2.40 bits per heavy atom. The van der Waals surface area contributed by atoms with E-state index in [1.165, 1.54) is 4.68 Å². The van der Waals surface area contributed by atoms with E-state index >= 15 is 0 Å². The number of nitro groups is 1. The van der Waals surface area contributed by atoms with E-state index in [0.717, 1.165) is 0 Å². The standard InChI is InChI=1S/C18H16ClN3O3/c1-12-17(18(23)22(20-12)15-5-3-2-4-6-15)16(11-21(24)25)13-7-9-14(19)10-8-13/h2-10,16,20H,11H2,1H3/t16-/m0/s1. The molecule has 0 saturated carbocycles. The fourth-order valence-corrected chi connectivity index (χ4v) is 3.06. The van der Waals surface area contributed by atoms with Crippen LogP contribution in [0, 0.1) is 17.0 Å². The Bertz CT molecular complexity index is 946. The molecule has 0 unspecified atom stereocenters. The monoisotopic (exact) mass is 357 g/mol. The summed E-state index contributed by atoms with van der Waals surface area (Å²) in [6.45, 7) is 1.38. The molecule has 128 valence electrons. The molecule has 0 radical (unpaired) electrons. The zero-order valence-corrected chi connectivity index (χ0v) is 14.2. The maximum absolute atomic E-state index is 12.9. The Labute approximate surface area is 148 Å². The zero-order valence-electron chi connectivity index (χ0n) is 13.5. The van der Waals surface area contributed by atoms with Gasteiger partial charge in [0, 0.05) is 15.6 Å². The van der Waals surface area contributed by atoms with E-state index in [1.54, 1.807) is 43.3 Å². The molecule has 1 heterocycles. The van der Waals surface area contributed by atoms with Crippen LogP contribution in [0.1, 0.15) is 22.7 Å². The van der Waals surface area contributed by atoms with E-state index in [4.69, 9.17) is 11.6 Å². The van der Waals surface area contributed by atoms with Gasteiger partial charge < -0.3 is 0 Å². The van der Waals surface area contributed by atoms with Crippen LogP contribution < -0.4 is 5.56 Å². The van der Waals surface area contributed by atoms with Crippen molar-refractivity contribution in [2.75, 3.05) is 6.54 Å². The number of nitrogens with zero attached hydrogens (tertiary/aromatic N) is 2. The van der Waals surface area contributed by atoms with Crippen molar-refractivity contribution >= 4 is 11.6 Å². The molecule has 6 nitrogen and oxygen atoms in total. The lowest BCUT2D eigenvalue weighted by Gasteiger charge is -2.12. The van der Waals surface area contributed by atoms with Gasteiger partial charge in [-0.05, 0) is 36.8 Å². The van der Waals surface area contributed by atoms with Crippen LogP contribution in [-0.4, -0.2) is 21.2 Å². The second kappa shape index (κ2) is 6.94. The second-order valence-electron chi connectivity index (χ2n) is 5.75. The molecule has 0 saturated heterocycles. The van der Waals surface area contributed by atoms with E-state index in [1.807, 2.05) is 18.2 Å². The number of rotatable bonds is 5. The van der Waals surface area contributed by atoms with Crippen molar-refractivity contribution in [2.45, 2.75) is 12.8 Å². The van der Waals surface area contributed by atoms with Gasteiger partial charge in [-0.25, -0.2) is 4.68 Å². The lowest BCUT2D eigenvalue weighted by Crippen LogP contribution is -2.23. The average Bonchev–Trinajstić information content (AvgIpc) is 2.89. The number of nitrogens with one attached hydrogen (secondary N) is 1. The normalized spacial score (nSPS) is 12.1. The average molecular weight is 358 g/mol. The number of aromatic amines is 1. The maximum atomic E-state index is 12.9. The van der Waals surface area contributed by atoms with Gasteiger partial charge in [0.15, 0.2) is 0 Å². The first-order valence-corrected chi connectivity index (χ1v) is 8.09. The van der Waals surface area contributed by atoms with Gasteiger partial charge in [-0.2, -0.15) is 0 Å². The summed E-state index contributed by atoms with van der Waals surface area (Å²) in [6.07, 6.45) is 0. The first-order chi connectivity index (χ1) is 12.0. The molecule has 1 aromatic heterocycles. The number of aromatic nitrogens is 2. The van der Waals surface area contributed by atoms with Crippen molar-refractivity contribution in [1.29, 1.82) is 0 Å². The molecular weight excluding hydrogens is 342 g/mol. The van der Waals surface area contributed by atoms with Crippen molar-refractivity contribution < 1.29 is 4.92 Å². The van der Waals surface area contributed by atoms with Crippen molar-refractivity contribution in [2.24, 2.45) is 0 Å². The maximum Gasteiger partial charge on any atom is 0.275 e. The zero-order chi connectivity index (χ0) is 18.0. The minimum Gasteiger partial charge on any atom is -0.295 e. The molecule has 2 aromatic carbocycles. The molecular formula is C18H16ClN3O3. The Kier molecular flexibility index (Phi) is 4.72. The van der Waals surface area contributed by atoms with Crippen LogP contribution in [0.3, 0.4) is 0 Å². The van der Waals surface area contributed by atoms with E-state index in [9.17, 15) is 14.9 Å². The summed E-state index contributed by atoms with van der Waals surface area (Å²) in [5.41, 5.74) is 2.07. The fourth-order valence-electron chi connectivity index (χ4n) is 2.94. The Morgan fingerprint density at radius 1 is 1.16 bits per heavy atom. The third-order valence-corrected chi connectivity index (χ3v) is 4.34. The molecule has 0 aliphatic rings. The smallest absolute Gasteiger partial charge is 0.275 e. The molecule has 0 fully saturated rings. The Hall–Kier alpha value is -2.86. The molecule has 0 spiro atoms. The molecule has 0 bridgehead atoms. The van der Waals surface area contributed by atoms with Gasteiger partial charge in [0.1, 0.15) is 0 Å². The minimum atomic E-state index is -0.652. The SMILES string of the molecule is Cc1[nH]n(-c2ccccc2)c(=O)c1[C@@H](C[N+](=O)[O-])c1ccc(Cl)cc1. The first kappa shape index (κ1) is 17.0. The number of halogens is 1. The van der Waals surface area contributed by atoms with Crippen molar-refractivity contribution in [3.05, 3.63) is 96.9 Å². The third kappa shape index (κ3) is 3.49. The molecule has 3 rings (SSSR count). The van der Waals surface area contributed by atoms with Gasteiger partial charge in [-0.15, -0.1) is 0 Å². The van der Waals surface area contributed by atoms with Crippen molar-refractivity contribution in [3.63, 3.8) is 0 Å². The number of para-hydroxylation sites is 1. The molecule has 1 N–H and O–H groups in total. The summed E-state index contributed by atoms with van der Waals surface area (Å²) >= 11 is 5.91. The highest BCUT2D eigenvalue weighted by Crippen LogP contribution is 2.26. The predicted octanol–water partition coefficient (Wildman–Crippen LogP) is 3.54. The van der Waals surface area contributed by atoms with Gasteiger partial charge >= 0.3 is 0 Å². The molecule has 25 heavy (non-hydrogen) atoms. The Morgan fingerprint density at radius 2 is 1.80 bits per heavy atom. The van der Waals surface area contributed by atoms with E-state index < -0.39 is 10.8 Å². The molecule has 0 aliphatic carbocycles. The van der Waals surface area contributed by atoms with Crippen LogP contribution in [0.2, 0.25) is 5.02 Å². The lowest BCUT2D eigenvalue weighted by atomic mass is 9.91. The van der Waals surface area contributed by atoms with Crippen LogP contribution >= 0.6 is 11.6 Å². The number of hydrogen-bond donors (Lipinski definition) is 1. The van der Waals surface area contributed by atoms with Crippen molar-refractivity contribution in [1.82, 2.24) is 9.78 Å². The first-order valence-electron chi connectivity index (χ1n) is 7.71. The highest BCUT2D eigenvalue weighted by molar-refractivity contribution is 6.30. The Balaban J connectivity index is 2.13. The van der Waals surface area contributed by atoms with Gasteiger partial charge in [0.2, 0.25) is 6.54 Å². The highest BCUT2D eigenvalue weighted by Gasteiger charge is 2.27. The summed E-state index contributed by atoms with van der Waals surface area (Å²) in [4.78, 5) is 23.7. The van der Waals surface area contributed by atoms with Gasteiger partial charge in [-0.3, -0.25) is 20.0 Å². The van der Waals surface area contributed by atoms with Gasteiger partial charge in [-0.1, -0.05) is 41.9 Å². The van der Waals surface area contributed by atoms with Crippen LogP contribution in [0.25, 0.3) is 5.69 Å². The summed E-state index contributed by atoms with van der Waals surface area (Å²) in [5, 5.41) is 14.7. The van der Waals surface area contributed by atoms with Crippen LogP contribution in [0.5, 0.6) is 0 Å². The molecule has 0 aliphatic heterocycles. The number of hydrogen-bond acceptors (Lipinski definition) is 3. The number of benzene rings is 2. The number of H-pyrrole nitrogens is 1. The fraction of sp³-hybridized carbons (Fsp3) is 0.167. The number of aryl methyl sites for hydroxylation is 1. The largest absolute Gasteiger partial charge is 0.295 e. The summed E-state index contributed by atoms with van der Waals surface area (Å²) in [7, 11) is 0. The molecule has 0 amide bonds. The van der Waals surface area contributed by atoms with Crippen molar-refractivity contribution in [3.8, 4) is 5.69 Å². The van der Waals surface area contributed by atoms with Crippen LogP contribution in [-0.2, 0) is 0 Å². The van der Waals surface area contributed by atoms with Gasteiger partial charge in [0.25, 0.3) is 5.56 Å². The van der Waals surface area contributed by atoms with Crippen LogP contribution in [0.4, 0.5) is 0 Å². The second-order valence-corrected chi connectivity index (χ2v) is 6.18. The summed E-state index contributed by atoms with van der Waals surface area (Å²) < 4.78 is 1.41. The quantitative estimate of drug-likeness (QED) is 0.560. The minimum absolute atomic E-state index is 0.287. The molecule has 7 heteroatoms. The predicted molar refractivity (Wildman–Crippen MR) is 96.3 cm³/mol. The van der Waals surface area contributed by atoms with Gasteiger partial charge in [0.05, 0.1) is 17.2 Å². The highest BCUT2D eigenvalue weighted by atomic mass is 35.5. The summed E-state index contributed by atoms with van der Waals surface area (Å²) in [6, 6.07) is 15.9. The lowest BCUT2D eigenvalue weighted by molar-refractivity contribution is -0.481. The van der Waals surface area contributed by atoms with E-state index in [-0.39, 0.29) is 12.1 Å². The molecule has 1 atom stereocenters. The van der Waals surface area contributed by atoms with E-state index in [0.29, 0.717) is 27.5 Å². The summed E-state index contributed by atoms with van der Waals surface area (Å²) in [5.74, 6) is -0.652.